The van der Waals surface area contributed by atoms with Crippen molar-refractivity contribution in [1.29, 1.82) is 0 Å². The summed E-state index contributed by atoms with van der Waals surface area (Å²) in [6.45, 7) is 5.55. The molecule has 0 spiro atoms. The molecule has 0 saturated heterocycles. The summed E-state index contributed by atoms with van der Waals surface area (Å²) in [6.07, 6.45) is 6.80. The van der Waals surface area contributed by atoms with Gasteiger partial charge in [0.25, 0.3) is 0 Å². The molecule has 54 valence electrons. The summed E-state index contributed by atoms with van der Waals surface area (Å²) in [6, 6.07) is 0. The molecule has 0 aliphatic carbocycles. The Morgan fingerprint density at radius 2 is 2.40 bits per heavy atom. The quantitative estimate of drug-likeness (QED) is 0.416. The van der Waals surface area contributed by atoms with Crippen molar-refractivity contribution in [2.75, 3.05) is 7.05 Å². The molecule has 0 unspecified atom stereocenters. The highest BCUT2D eigenvalue weighted by molar-refractivity contribution is 6.03. The van der Waals surface area contributed by atoms with Crippen molar-refractivity contribution in [3.05, 3.63) is 30.5 Å². The molecule has 0 aromatic carbocycles. The Bertz CT molecular complexity index is 181. The summed E-state index contributed by atoms with van der Waals surface area (Å²) in [5.41, 5.74) is 3.58. The highest BCUT2D eigenvalue weighted by Crippen LogP contribution is 1.85. The van der Waals surface area contributed by atoms with E-state index in [-0.39, 0.29) is 0 Å². The highest BCUT2D eigenvalue weighted by atomic mass is 14.7. The second-order valence-corrected chi connectivity index (χ2v) is 1.81. The van der Waals surface area contributed by atoms with E-state index in [0.29, 0.717) is 0 Å². The van der Waals surface area contributed by atoms with E-state index in [1.54, 1.807) is 13.1 Å². The van der Waals surface area contributed by atoms with E-state index in [9.17, 15) is 0 Å². The molecule has 1 heteroatoms. The van der Waals surface area contributed by atoms with Crippen molar-refractivity contribution in [2.24, 2.45) is 4.99 Å². The first-order chi connectivity index (χ1) is 4.85. The topological polar surface area (TPSA) is 12.4 Å². The lowest BCUT2D eigenvalue weighted by molar-refractivity contribution is 1.23. The molecule has 0 atom stereocenters. The first-order valence-electron chi connectivity index (χ1n) is 3.34. The van der Waals surface area contributed by atoms with Gasteiger partial charge in [-0.15, -0.1) is 5.73 Å². The maximum Gasteiger partial charge on any atom is 0.0644 e. The van der Waals surface area contributed by atoms with E-state index in [1.807, 2.05) is 6.08 Å². The van der Waals surface area contributed by atoms with E-state index in [1.165, 1.54) is 0 Å². The van der Waals surface area contributed by atoms with Crippen LogP contribution in [0.15, 0.2) is 35.5 Å². The van der Waals surface area contributed by atoms with E-state index < -0.39 is 0 Å². The van der Waals surface area contributed by atoms with E-state index >= 15 is 0 Å². The normalized spacial score (nSPS) is 11.6. The third-order valence-electron chi connectivity index (χ3n) is 1.03. The molecule has 0 radical (unpaired) electrons. The minimum atomic E-state index is 0.914. The van der Waals surface area contributed by atoms with Crippen LogP contribution in [-0.2, 0) is 0 Å². The fraction of sp³-hybridized carbons (Fsp3) is 0.333. The Kier molecular flexibility index (Phi) is 5.41. The van der Waals surface area contributed by atoms with Crippen LogP contribution in [0.1, 0.15) is 13.3 Å². The third kappa shape index (κ3) is 3.88. The summed E-state index contributed by atoms with van der Waals surface area (Å²) in [5.74, 6) is 0. The average molecular weight is 135 g/mol. The maximum atomic E-state index is 3.99. The van der Waals surface area contributed by atoms with Gasteiger partial charge >= 0.3 is 0 Å². The predicted molar refractivity (Wildman–Crippen MR) is 46.5 cm³/mol. The Labute approximate surface area is 62.5 Å². The van der Waals surface area contributed by atoms with Crippen molar-refractivity contribution in [1.82, 2.24) is 0 Å². The molecule has 0 heterocycles. The van der Waals surface area contributed by atoms with E-state index in [2.05, 4.69) is 30.3 Å². The van der Waals surface area contributed by atoms with Crippen molar-refractivity contribution in [2.45, 2.75) is 13.3 Å². The number of rotatable bonds is 3. The van der Waals surface area contributed by atoms with Crippen LogP contribution in [0.25, 0.3) is 0 Å². The number of hydrogen-bond acceptors (Lipinski definition) is 1. The molecule has 0 bridgehead atoms. The summed E-state index contributed by atoms with van der Waals surface area (Å²) >= 11 is 0. The standard InChI is InChI=1S/C9H13N/c1-4-6-8-9(10-3)7-5-2/h6-8H,2,4H2,1,3H3. The molecule has 0 rings (SSSR count). The van der Waals surface area contributed by atoms with Gasteiger partial charge in [-0.1, -0.05) is 19.6 Å². The molecule has 1 nitrogen and oxygen atoms in total. The van der Waals surface area contributed by atoms with Crippen LogP contribution < -0.4 is 0 Å². The molecule has 0 aromatic heterocycles. The number of hydrogen-bond donors (Lipinski definition) is 0. The van der Waals surface area contributed by atoms with Gasteiger partial charge in [0.1, 0.15) is 0 Å². The Morgan fingerprint density at radius 3 is 2.80 bits per heavy atom. The summed E-state index contributed by atoms with van der Waals surface area (Å²) < 4.78 is 0. The highest BCUT2D eigenvalue weighted by Gasteiger charge is 1.80. The minimum Gasteiger partial charge on any atom is -0.288 e. The third-order valence-corrected chi connectivity index (χ3v) is 1.03. The minimum absolute atomic E-state index is 0.914. The Hall–Kier alpha value is -1.07. The zero-order valence-electron chi connectivity index (χ0n) is 6.59. The fourth-order valence-corrected chi connectivity index (χ4v) is 0.530. The van der Waals surface area contributed by atoms with E-state index in [0.717, 1.165) is 12.1 Å². The van der Waals surface area contributed by atoms with E-state index in [4.69, 9.17) is 0 Å². The zero-order chi connectivity index (χ0) is 7.82. The van der Waals surface area contributed by atoms with Gasteiger partial charge in [-0.25, -0.2) is 0 Å². The number of nitrogens with zero attached hydrogens (tertiary/aromatic N) is 1. The van der Waals surface area contributed by atoms with Crippen LogP contribution in [0.4, 0.5) is 0 Å². The molecule has 10 heavy (non-hydrogen) atoms. The molecule has 0 aliphatic heterocycles. The van der Waals surface area contributed by atoms with Gasteiger partial charge in [-0.05, 0) is 12.5 Å². The Balaban J connectivity index is 4.10. The van der Waals surface area contributed by atoms with Gasteiger partial charge in [-0.3, -0.25) is 4.99 Å². The SMILES string of the molecule is C=C=CC(C=CCC)=NC. The van der Waals surface area contributed by atoms with Gasteiger partial charge in [-0.2, -0.15) is 0 Å². The molecular weight excluding hydrogens is 122 g/mol. The summed E-state index contributed by atoms with van der Waals surface area (Å²) in [7, 11) is 1.75. The Morgan fingerprint density at radius 1 is 1.70 bits per heavy atom. The first-order valence-corrected chi connectivity index (χ1v) is 3.34. The van der Waals surface area contributed by atoms with Crippen molar-refractivity contribution in [3.8, 4) is 0 Å². The van der Waals surface area contributed by atoms with Gasteiger partial charge in [0.15, 0.2) is 0 Å². The lowest BCUT2D eigenvalue weighted by Gasteiger charge is -1.85. The average Bonchev–Trinajstić information content (AvgIpc) is 1.98. The maximum absolute atomic E-state index is 3.99. The second-order valence-electron chi connectivity index (χ2n) is 1.81. The molecule has 0 N–H and O–H groups in total. The van der Waals surface area contributed by atoms with Crippen LogP contribution in [0.2, 0.25) is 0 Å². The first kappa shape index (κ1) is 8.93. The molecule has 0 aromatic rings. The molecule has 0 saturated carbocycles. The van der Waals surface area contributed by atoms with Crippen LogP contribution in [0.5, 0.6) is 0 Å². The van der Waals surface area contributed by atoms with Crippen molar-refractivity contribution in [3.63, 3.8) is 0 Å². The molecule has 0 fully saturated rings. The monoisotopic (exact) mass is 135 g/mol. The van der Waals surface area contributed by atoms with Gasteiger partial charge < -0.3 is 0 Å². The lowest BCUT2D eigenvalue weighted by Crippen LogP contribution is -1.84. The fourth-order valence-electron chi connectivity index (χ4n) is 0.530. The van der Waals surface area contributed by atoms with Crippen LogP contribution in [-0.4, -0.2) is 12.8 Å². The largest absolute Gasteiger partial charge is 0.288 e. The summed E-state index contributed by atoms with van der Waals surface area (Å²) in [4.78, 5) is 3.99. The number of allylic oxidation sites excluding steroid dienone is 3. The number of aliphatic imine (C=N–C) groups is 1. The van der Waals surface area contributed by atoms with Crippen molar-refractivity contribution < 1.29 is 0 Å². The van der Waals surface area contributed by atoms with Gasteiger partial charge in [0.05, 0.1) is 5.71 Å². The molecular formula is C9H13N. The van der Waals surface area contributed by atoms with Crippen LogP contribution >= 0.6 is 0 Å². The summed E-state index contributed by atoms with van der Waals surface area (Å²) in [5, 5.41) is 0. The second kappa shape index (κ2) is 6.06. The van der Waals surface area contributed by atoms with Crippen LogP contribution in [0.3, 0.4) is 0 Å². The molecule has 0 aliphatic rings. The van der Waals surface area contributed by atoms with Gasteiger partial charge in [0, 0.05) is 13.1 Å². The van der Waals surface area contributed by atoms with Crippen LogP contribution in [0, 0.1) is 0 Å². The zero-order valence-corrected chi connectivity index (χ0v) is 6.59. The lowest BCUT2D eigenvalue weighted by atomic mass is 10.3. The molecule has 0 amide bonds. The predicted octanol–water partition coefficient (Wildman–Crippen LogP) is 2.36. The van der Waals surface area contributed by atoms with Gasteiger partial charge in [0.2, 0.25) is 0 Å². The van der Waals surface area contributed by atoms with Crippen molar-refractivity contribution >= 4 is 5.71 Å². The smallest absolute Gasteiger partial charge is 0.0644 e.